The van der Waals surface area contributed by atoms with Crippen molar-refractivity contribution in [1.29, 1.82) is 0 Å². The summed E-state index contributed by atoms with van der Waals surface area (Å²) in [6.07, 6.45) is 0.368. The Morgan fingerprint density at radius 2 is 2.64 bits per heavy atom. The van der Waals surface area contributed by atoms with Crippen molar-refractivity contribution in [3.05, 3.63) is 0 Å². The smallest absolute Gasteiger partial charge is 0.408 e. The van der Waals surface area contributed by atoms with Gasteiger partial charge in [0.25, 0.3) is 0 Å². The van der Waals surface area contributed by atoms with Crippen LogP contribution in [0.1, 0.15) is 6.42 Å². The van der Waals surface area contributed by atoms with Crippen molar-refractivity contribution >= 4 is 17.7 Å². The Bertz CT molecular complexity index is 136. The van der Waals surface area contributed by atoms with Crippen molar-refractivity contribution in [3.8, 4) is 0 Å². The minimum Gasteiger partial charge on any atom is -0.433 e. The summed E-state index contributed by atoms with van der Waals surface area (Å²) >= 11 is 5.17. The summed E-state index contributed by atoms with van der Waals surface area (Å²) < 4.78 is 9.50. The van der Waals surface area contributed by atoms with E-state index < -0.39 is 6.09 Å². The van der Waals surface area contributed by atoms with Gasteiger partial charge in [0, 0.05) is 6.61 Å². The first-order chi connectivity index (χ1) is 5.33. The van der Waals surface area contributed by atoms with Gasteiger partial charge in [-0.3, -0.25) is 0 Å². The SMILES string of the molecule is O=C(NC1CCOC1)OCCl. The second kappa shape index (κ2) is 4.41. The molecular weight excluding hydrogens is 170 g/mol. The lowest BCUT2D eigenvalue weighted by Crippen LogP contribution is -2.35. The minimum atomic E-state index is -0.476. The number of halogens is 1. The summed E-state index contributed by atoms with van der Waals surface area (Å²) in [5, 5.41) is 2.61. The third-order valence-corrected chi connectivity index (χ3v) is 1.55. The number of hydrogen-bond acceptors (Lipinski definition) is 3. The van der Waals surface area contributed by atoms with E-state index in [1.165, 1.54) is 0 Å². The Balaban J connectivity index is 2.13. The molecule has 0 bridgehead atoms. The number of amides is 1. The predicted molar refractivity (Wildman–Crippen MR) is 39.6 cm³/mol. The number of alkyl halides is 1. The van der Waals surface area contributed by atoms with E-state index in [0.717, 1.165) is 6.42 Å². The third kappa shape index (κ3) is 2.95. The van der Waals surface area contributed by atoms with Gasteiger partial charge in [0.1, 0.15) is 0 Å². The average Bonchev–Trinajstić information content (AvgIpc) is 2.40. The molecule has 1 N–H and O–H groups in total. The highest BCUT2D eigenvalue weighted by molar-refractivity contribution is 6.17. The molecule has 64 valence electrons. The van der Waals surface area contributed by atoms with E-state index in [0.29, 0.717) is 13.2 Å². The van der Waals surface area contributed by atoms with Crippen molar-refractivity contribution in [1.82, 2.24) is 5.32 Å². The zero-order chi connectivity index (χ0) is 8.10. The van der Waals surface area contributed by atoms with Crippen LogP contribution in [0.15, 0.2) is 0 Å². The van der Waals surface area contributed by atoms with Crippen molar-refractivity contribution in [2.75, 3.05) is 19.3 Å². The van der Waals surface area contributed by atoms with E-state index in [2.05, 4.69) is 10.1 Å². The van der Waals surface area contributed by atoms with Crippen LogP contribution in [0, 0.1) is 0 Å². The van der Waals surface area contributed by atoms with Gasteiger partial charge in [-0.2, -0.15) is 0 Å². The van der Waals surface area contributed by atoms with Crippen LogP contribution in [0.5, 0.6) is 0 Å². The standard InChI is InChI=1S/C6H10ClNO3/c7-4-11-6(9)8-5-1-2-10-3-5/h5H,1-4H2,(H,8,9). The van der Waals surface area contributed by atoms with Crippen molar-refractivity contribution < 1.29 is 14.3 Å². The fraction of sp³-hybridized carbons (Fsp3) is 0.833. The topological polar surface area (TPSA) is 47.6 Å². The summed E-state index contributed by atoms with van der Waals surface area (Å²) in [7, 11) is 0. The molecule has 11 heavy (non-hydrogen) atoms. The fourth-order valence-electron chi connectivity index (χ4n) is 0.906. The second-order valence-electron chi connectivity index (χ2n) is 2.25. The van der Waals surface area contributed by atoms with Crippen LogP contribution >= 0.6 is 11.6 Å². The van der Waals surface area contributed by atoms with Crippen LogP contribution in [0.2, 0.25) is 0 Å². The normalized spacial score (nSPS) is 23.2. The van der Waals surface area contributed by atoms with Crippen LogP contribution < -0.4 is 5.32 Å². The highest BCUT2D eigenvalue weighted by Crippen LogP contribution is 2.03. The number of ether oxygens (including phenoxy) is 2. The summed E-state index contributed by atoms with van der Waals surface area (Å²) in [5.74, 6) is 0. The zero-order valence-corrected chi connectivity index (χ0v) is 6.76. The van der Waals surface area contributed by atoms with Gasteiger partial charge in [0.05, 0.1) is 12.6 Å². The van der Waals surface area contributed by atoms with Gasteiger partial charge in [0.2, 0.25) is 0 Å². The quantitative estimate of drug-likeness (QED) is 0.635. The highest BCUT2D eigenvalue weighted by atomic mass is 35.5. The van der Waals surface area contributed by atoms with Gasteiger partial charge in [0.15, 0.2) is 6.07 Å². The number of nitrogens with one attached hydrogen (secondary N) is 1. The predicted octanol–water partition coefficient (Wildman–Crippen LogP) is 0.698. The Morgan fingerprint density at radius 1 is 1.82 bits per heavy atom. The molecule has 1 saturated heterocycles. The molecule has 1 unspecified atom stereocenters. The summed E-state index contributed by atoms with van der Waals surface area (Å²) in [6, 6.07) is -0.0231. The molecule has 1 amide bonds. The Morgan fingerprint density at radius 3 is 3.18 bits per heavy atom. The molecule has 0 aromatic carbocycles. The Labute approximate surface area is 69.8 Å². The van der Waals surface area contributed by atoms with E-state index in [1.54, 1.807) is 0 Å². The van der Waals surface area contributed by atoms with Crippen LogP contribution in [0.4, 0.5) is 4.79 Å². The molecule has 4 nitrogen and oxygen atoms in total. The highest BCUT2D eigenvalue weighted by Gasteiger charge is 2.17. The summed E-state index contributed by atoms with van der Waals surface area (Å²) in [4.78, 5) is 10.7. The first-order valence-corrected chi connectivity index (χ1v) is 3.93. The van der Waals surface area contributed by atoms with E-state index >= 15 is 0 Å². The largest absolute Gasteiger partial charge is 0.433 e. The van der Waals surface area contributed by atoms with Gasteiger partial charge < -0.3 is 14.8 Å². The number of carbonyl (C=O) groups excluding carboxylic acids is 1. The molecule has 1 aliphatic heterocycles. The van der Waals surface area contributed by atoms with Gasteiger partial charge in [-0.1, -0.05) is 11.6 Å². The van der Waals surface area contributed by atoms with Crippen LogP contribution in [0.25, 0.3) is 0 Å². The van der Waals surface area contributed by atoms with Crippen LogP contribution in [0.3, 0.4) is 0 Å². The van der Waals surface area contributed by atoms with Crippen molar-refractivity contribution in [2.24, 2.45) is 0 Å². The Kier molecular flexibility index (Phi) is 3.45. The molecule has 1 atom stereocenters. The van der Waals surface area contributed by atoms with Crippen molar-refractivity contribution in [3.63, 3.8) is 0 Å². The van der Waals surface area contributed by atoms with Crippen LogP contribution in [-0.4, -0.2) is 31.4 Å². The van der Waals surface area contributed by atoms with Crippen molar-refractivity contribution in [2.45, 2.75) is 12.5 Å². The van der Waals surface area contributed by atoms with Gasteiger partial charge in [-0.15, -0.1) is 0 Å². The zero-order valence-electron chi connectivity index (χ0n) is 6.01. The Hall–Kier alpha value is -0.480. The molecule has 0 spiro atoms. The molecule has 0 aromatic heterocycles. The lowest BCUT2D eigenvalue weighted by Gasteiger charge is -2.08. The van der Waals surface area contributed by atoms with Crippen LogP contribution in [-0.2, 0) is 9.47 Å². The van der Waals surface area contributed by atoms with E-state index in [1.807, 2.05) is 0 Å². The molecule has 1 heterocycles. The average molecular weight is 180 g/mol. The maximum atomic E-state index is 10.7. The minimum absolute atomic E-state index is 0.0886. The monoisotopic (exact) mass is 179 g/mol. The molecule has 1 rings (SSSR count). The number of rotatable bonds is 2. The summed E-state index contributed by atoms with van der Waals surface area (Å²) in [5.41, 5.74) is 0. The van der Waals surface area contributed by atoms with Gasteiger partial charge in [-0.25, -0.2) is 4.79 Å². The lowest BCUT2D eigenvalue weighted by molar-refractivity contribution is 0.154. The van der Waals surface area contributed by atoms with Gasteiger partial charge in [-0.05, 0) is 6.42 Å². The maximum absolute atomic E-state index is 10.7. The molecular formula is C6H10ClNO3. The molecule has 1 aliphatic rings. The molecule has 0 saturated carbocycles. The first kappa shape index (κ1) is 8.62. The summed E-state index contributed by atoms with van der Waals surface area (Å²) in [6.45, 7) is 1.27. The molecule has 0 aromatic rings. The molecule has 1 fully saturated rings. The van der Waals surface area contributed by atoms with E-state index in [-0.39, 0.29) is 12.1 Å². The first-order valence-electron chi connectivity index (χ1n) is 3.40. The maximum Gasteiger partial charge on any atom is 0.408 e. The second-order valence-corrected chi connectivity index (χ2v) is 2.46. The number of carbonyl (C=O) groups is 1. The fourth-order valence-corrected chi connectivity index (χ4v) is 1.01. The van der Waals surface area contributed by atoms with E-state index in [4.69, 9.17) is 16.3 Å². The number of hydrogen-bond donors (Lipinski definition) is 1. The van der Waals surface area contributed by atoms with E-state index in [9.17, 15) is 4.79 Å². The number of alkyl carbamates (subject to hydrolysis) is 1. The van der Waals surface area contributed by atoms with Gasteiger partial charge >= 0.3 is 6.09 Å². The molecule has 5 heteroatoms. The lowest BCUT2D eigenvalue weighted by atomic mass is 10.3. The molecule has 0 radical (unpaired) electrons. The molecule has 0 aliphatic carbocycles. The third-order valence-electron chi connectivity index (χ3n) is 1.44.